The zero-order valence-electron chi connectivity index (χ0n) is 12.9. The van der Waals surface area contributed by atoms with Crippen LogP contribution in [0.2, 0.25) is 0 Å². The largest absolute Gasteiger partial charge is 0.354 e. The van der Waals surface area contributed by atoms with Crippen LogP contribution in [0.3, 0.4) is 0 Å². The molecule has 0 aliphatic carbocycles. The average Bonchev–Trinajstić information content (AvgIpc) is 2.56. The van der Waals surface area contributed by atoms with Crippen LogP contribution in [0.25, 0.3) is 0 Å². The third kappa shape index (κ3) is 4.93. The topological polar surface area (TPSA) is 40.5 Å². The van der Waals surface area contributed by atoms with Gasteiger partial charge in [-0.05, 0) is 42.8 Å². The van der Waals surface area contributed by atoms with Gasteiger partial charge in [0.05, 0.1) is 11.4 Å². The number of nitrogens with zero attached hydrogens (tertiary/aromatic N) is 3. The van der Waals surface area contributed by atoms with Crippen LogP contribution in [-0.2, 0) is 6.42 Å². The van der Waals surface area contributed by atoms with E-state index in [1.165, 1.54) is 5.56 Å². The average molecular weight is 312 g/mol. The highest BCUT2D eigenvalue weighted by Crippen LogP contribution is 2.07. The van der Waals surface area contributed by atoms with Crippen molar-refractivity contribution in [1.29, 1.82) is 0 Å². The molecular weight excluding hydrogens is 292 g/mol. The zero-order chi connectivity index (χ0) is 15.8. The first-order valence-electron chi connectivity index (χ1n) is 7.16. The van der Waals surface area contributed by atoms with Gasteiger partial charge in [-0.25, -0.2) is 0 Å². The molecule has 1 aromatic carbocycles. The number of pyridine rings is 1. The highest BCUT2D eigenvalue weighted by Gasteiger charge is 2.07. The Morgan fingerprint density at radius 1 is 1.14 bits per heavy atom. The molecule has 2 aromatic rings. The minimum absolute atomic E-state index is 0.577. The number of nitrogens with one attached hydrogen (secondary N) is 1. The maximum Gasteiger partial charge on any atom is 0.189 e. The van der Waals surface area contributed by atoms with E-state index in [4.69, 9.17) is 12.2 Å². The Hall–Kier alpha value is -2.27. The van der Waals surface area contributed by atoms with Crippen molar-refractivity contribution >= 4 is 23.0 Å². The van der Waals surface area contributed by atoms with E-state index in [0.717, 1.165) is 24.2 Å². The number of aryl methyl sites for hydroxylation is 1. The monoisotopic (exact) mass is 312 g/mol. The molecule has 0 bridgehead atoms. The Balaban J connectivity index is 2.11. The standard InChI is InChI=1S/C17H20N4S/c1-21(2)17(22)20-19-16(15-10-6-7-13-18-15)12-11-14-8-4-3-5-9-14/h3-10,13H,11-12H2,1-2H3,(H,20,22)/b19-16+. The fourth-order valence-corrected chi connectivity index (χ4v) is 1.94. The Kier molecular flexibility index (Phi) is 6.03. The fraction of sp³-hybridized carbons (Fsp3) is 0.235. The van der Waals surface area contributed by atoms with Crippen LogP contribution in [-0.4, -0.2) is 34.8 Å². The summed E-state index contributed by atoms with van der Waals surface area (Å²) in [5.41, 5.74) is 5.97. The van der Waals surface area contributed by atoms with Gasteiger partial charge in [0.1, 0.15) is 0 Å². The second-order valence-corrected chi connectivity index (χ2v) is 5.46. The predicted molar refractivity (Wildman–Crippen MR) is 95.0 cm³/mol. The van der Waals surface area contributed by atoms with Gasteiger partial charge in [-0.15, -0.1) is 0 Å². The summed E-state index contributed by atoms with van der Waals surface area (Å²) in [7, 11) is 3.77. The third-order valence-electron chi connectivity index (χ3n) is 3.15. The normalized spacial score (nSPS) is 11.1. The molecule has 0 spiro atoms. The first kappa shape index (κ1) is 16.1. The van der Waals surface area contributed by atoms with E-state index in [-0.39, 0.29) is 0 Å². The van der Waals surface area contributed by atoms with E-state index in [2.05, 4.69) is 27.6 Å². The summed E-state index contributed by atoms with van der Waals surface area (Å²) in [6.07, 6.45) is 3.48. The molecule has 1 heterocycles. The fourth-order valence-electron chi connectivity index (χ4n) is 1.90. The lowest BCUT2D eigenvalue weighted by atomic mass is 10.1. The summed E-state index contributed by atoms with van der Waals surface area (Å²) < 4.78 is 0. The van der Waals surface area contributed by atoms with E-state index >= 15 is 0 Å². The van der Waals surface area contributed by atoms with Crippen LogP contribution in [0.4, 0.5) is 0 Å². The van der Waals surface area contributed by atoms with Gasteiger partial charge in [0, 0.05) is 20.3 Å². The van der Waals surface area contributed by atoms with E-state index < -0.39 is 0 Å². The number of hydrogen-bond donors (Lipinski definition) is 1. The second-order valence-electron chi connectivity index (χ2n) is 5.07. The van der Waals surface area contributed by atoms with Crippen LogP contribution >= 0.6 is 12.2 Å². The summed E-state index contributed by atoms with van der Waals surface area (Å²) in [6.45, 7) is 0. The van der Waals surface area contributed by atoms with E-state index in [9.17, 15) is 0 Å². The van der Waals surface area contributed by atoms with Crippen molar-refractivity contribution in [2.75, 3.05) is 14.1 Å². The van der Waals surface area contributed by atoms with Gasteiger partial charge in [-0.3, -0.25) is 10.4 Å². The number of rotatable bonds is 5. The summed E-state index contributed by atoms with van der Waals surface area (Å²) >= 11 is 5.21. The molecule has 2 rings (SSSR count). The molecule has 4 nitrogen and oxygen atoms in total. The Labute approximate surface area is 136 Å². The van der Waals surface area contributed by atoms with Gasteiger partial charge in [0.25, 0.3) is 0 Å². The van der Waals surface area contributed by atoms with Crippen LogP contribution in [0.5, 0.6) is 0 Å². The Morgan fingerprint density at radius 2 is 1.86 bits per heavy atom. The Bertz CT molecular complexity index is 624. The number of aromatic nitrogens is 1. The molecule has 5 heteroatoms. The summed E-state index contributed by atoms with van der Waals surface area (Å²) in [6, 6.07) is 16.2. The summed E-state index contributed by atoms with van der Waals surface area (Å²) in [5.74, 6) is 0. The molecule has 0 fully saturated rings. The zero-order valence-corrected chi connectivity index (χ0v) is 13.7. The number of thiocarbonyl (C=S) groups is 1. The lowest BCUT2D eigenvalue weighted by Crippen LogP contribution is -2.31. The van der Waals surface area contributed by atoms with Crippen LogP contribution in [0, 0.1) is 0 Å². The van der Waals surface area contributed by atoms with Crippen LogP contribution < -0.4 is 5.43 Å². The maximum absolute atomic E-state index is 5.21. The summed E-state index contributed by atoms with van der Waals surface area (Å²) in [5, 5.41) is 5.03. The quantitative estimate of drug-likeness (QED) is 0.523. The van der Waals surface area contributed by atoms with E-state index in [1.54, 1.807) is 6.20 Å². The maximum atomic E-state index is 5.21. The predicted octanol–water partition coefficient (Wildman–Crippen LogP) is 2.85. The SMILES string of the molecule is CN(C)C(=S)N/N=C(\CCc1ccccc1)c1ccccn1. The van der Waals surface area contributed by atoms with Crippen molar-refractivity contribution in [3.8, 4) is 0 Å². The minimum atomic E-state index is 0.577. The van der Waals surface area contributed by atoms with Crippen molar-refractivity contribution in [2.24, 2.45) is 5.10 Å². The Morgan fingerprint density at radius 3 is 2.50 bits per heavy atom. The van der Waals surface area contributed by atoms with Gasteiger partial charge in [0.15, 0.2) is 5.11 Å². The van der Waals surface area contributed by atoms with Crippen LogP contribution in [0.15, 0.2) is 59.8 Å². The van der Waals surface area contributed by atoms with Crippen molar-refractivity contribution < 1.29 is 0 Å². The number of hydrazone groups is 1. The summed E-state index contributed by atoms with van der Waals surface area (Å²) in [4.78, 5) is 6.20. The highest BCUT2D eigenvalue weighted by molar-refractivity contribution is 7.80. The molecule has 114 valence electrons. The van der Waals surface area contributed by atoms with Crippen molar-refractivity contribution in [3.63, 3.8) is 0 Å². The van der Waals surface area contributed by atoms with E-state index in [0.29, 0.717) is 5.11 Å². The molecule has 0 atom stereocenters. The minimum Gasteiger partial charge on any atom is -0.354 e. The van der Waals surface area contributed by atoms with Crippen LogP contribution in [0.1, 0.15) is 17.7 Å². The molecule has 0 saturated heterocycles. The molecule has 22 heavy (non-hydrogen) atoms. The highest BCUT2D eigenvalue weighted by atomic mass is 32.1. The third-order valence-corrected chi connectivity index (χ3v) is 3.60. The lowest BCUT2D eigenvalue weighted by molar-refractivity contribution is 0.605. The first-order chi connectivity index (χ1) is 10.7. The number of benzene rings is 1. The van der Waals surface area contributed by atoms with Gasteiger partial charge in [0.2, 0.25) is 0 Å². The molecule has 0 radical (unpaired) electrons. The van der Waals surface area contributed by atoms with Crippen molar-refractivity contribution in [2.45, 2.75) is 12.8 Å². The number of hydrogen-bond acceptors (Lipinski definition) is 3. The van der Waals surface area contributed by atoms with Crippen molar-refractivity contribution in [3.05, 3.63) is 66.0 Å². The second kappa shape index (κ2) is 8.24. The molecule has 0 saturated carbocycles. The molecular formula is C17H20N4S. The molecule has 0 amide bonds. The van der Waals surface area contributed by atoms with Gasteiger partial charge >= 0.3 is 0 Å². The van der Waals surface area contributed by atoms with Crippen molar-refractivity contribution in [1.82, 2.24) is 15.3 Å². The molecule has 1 aromatic heterocycles. The molecule has 0 aliphatic heterocycles. The first-order valence-corrected chi connectivity index (χ1v) is 7.57. The van der Waals surface area contributed by atoms with E-state index in [1.807, 2.05) is 55.4 Å². The lowest BCUT2D eigenvalue weighted by Gasteiger charge is -2.13. The molecule has 0 aliphatic rings. The smallest absolute Gasteiger partial charge is 0.189 e. The van der Waals surface area contributed by atoms with Gasteiger partial charge < -0.3 is 4.90 Å². The van der Waals surface area contributed by atoms with Gasteiger partial charge in [-0.2, -0.15) is 5.10 Å². The van der Waals surface area contributed by atoms with Gasteiger partial charge in [-0.1, -0.05) is 36.4 Å². The molecule has 0 unspecified atom stereocenters. The molecule has 1 N–H and O–H groups in total.